The molecule has 0 bridgehead atoms. The molecule has 0 N–H and O–H groups in total. The average Bonchev–Trinajstić information content (AvgIpc) is 3.04. The number of piperazine rings is 1. The van der Waals surface area contributed by atoms with E-state index >= 15 is 0 Å². The number of benzene rings is 2. The summed E-state index contributed by atoms with van der Waals surface area (Å²) in [5, 5.41) is 0.394. The molecule has 4 rings (SSSR count). The van der Waals surface area contributed by atoms with Gasteiger partial charge in [0.15, 0.2) is 11.5 Å². The first-order valence-corrected chi connectivity index (χ1v) is 13.0. The van der Waals surface area contributed by atoms with Crippen molar-refractivity contribution in [2.45, 2.75) is 16.2 Å². The van der Waals surface area contributed by atoms with Gasteiger partial charge in [-0.1, -0.05) is 11.6 Å². The molecule has 0 atom stereocenters. The molecule has 10 heteroatoms. The highest BCUT2D eigenvalue weighted by atomic mass is 35.5. The molecule has 0 aliphatic carbocycles. The molecule has 0 radical (unpaired) electrons. The molecule has 1 fully saturated rings. The number of hydrogen-bond donors (Lipinski definition) is 0. The normalized spacial score (nSPS) is 17.3. The van der Waals surface area contributed by atoms with E-state index in [-0.39, 0.29) is 23.9 Å². The standard InChI is InChI=1S/C21H23ClN2O5S2/c1-30-15-3-5-18(22)17(13-15)21(25)23-7-9-24(10-8-23)31(26,27)16-4-6-19-20(14-16)29-12-2-11-28-19/h3-6,13-14H,2,7-12H2,1H3. The number of nitrogens with zero attached hydrogens (tertiary/aromatic N) is 2. The van der Waals surface area contributed by atoms with Gasteiger partial charge in [-0.15, -0.1) is 11.8 Å². The fraction of sp³-hybridized carbons (Fsp3) is 0.381. The Morgan fingerprint density at radius 1 is 1.00 bits per heavy atom. The third-order valence-electron chi connectivity index (χ3n) is 5.29. The van der Waals surface area contributed by atoms with Gasteiger partial charge in [0.1, 0.15) is 0 Å². The summed E-state index contributed by atoms with van der Waals surface area (Å²) in [6.45, 7) is 2.03. The molecular weight excluding hydrogens is 460 g/mol. The van der Waals surface area contributed by atoms with Crippen LogP contribution in [0, 0.1) is 0 Å². The maximum Gasteiger partial charge on any atom is 0.255 e. The van der Waals surface area contributed by atoms with Crippen molar-refractivity contribution in [1.29, 1.82) is 0 Å². The van der Waals surface area contributed by atoms with Gasteiger partial charge < -0.3 is 14.4 Å². The number of ether oxygens (including phenoxy) is 2. The number of halogens is 1. The van der Waals surface area contributed by atoms with Gasteiger partial charge in [0.25, 0.3) is 5.91 Å². The lowest BCUT2D eigenvalue weighted by atomic mass is 10.2. The van der Waals surface area contributed by atoms with Crippen LogP contribution in [0.1, 0.15) is 16.8 Å². The number of hydrogen-bond acceptors (Lipinski definition) is 6. The first-order chi connectivity index (χ1) is 14.9. The van der Waals surface area contributed by atoms with Crippen LogP contribution in [0.2, 0.25) is 5.02 Å². The fourth-order valence-corrected chi connectivity index (χ4v) is 5.63. The highest BCUT2D eigenvalue weighted by Crippen LogP contribution is 2.33. The van der Waals surface area contributed by atoms with Crippen LogP contribution in [-0.4, -0.2) is 69.2 Å². The van der Waals surface area contributed by atoms with Gasteiger partial charge in [-0.25, -0.2) is 8.42 Å². The van der Waals surface area contributed by atoms with E-state index in [9.17, 15) is 13.2 Å². The number of amides is 1. The zero-order chi connectivity index (χ0) is 22.0. The van der Waals surface area contributed by atoms with Gasteiger partial charge >= 0.3 is 0 Å². The summed E-state index contributed by atoms with van der Waals surface area (Å²) in [5.74, 6) is 0.806. The number of carbonyl (C=O) groups is 1. The van der Waals surface area contributed by atoms with E-state index in [1.807, 2.05) is 12.3 Å². The van der Waals surface area contributed by atoms with Crippen LogP contribution >= 0.6 is 23.4 Å². The van der Waals surface area contributed by atoms with Crippen molar-refractivity contribution in [3.8, 4) is 11.5 Å². The van der Waals surface area contributed by atoms with Gasteiger partial charge in [-0.3, -0.25) is 4.79 Å². The lowest BCUT2D eigenvalue weighted by Gasteiger charge is -2.34. The number of sulfonamides is 1. The van der Waals surface area contributed by atoms with Crippen molar-refractivity contribution >= 4 is 39.3 Å². The fourth-order valence-electron chi connectivity index (χ4n) is 3.55. The van der Waals surface area contributed by atoms with Crippen molar-refractivity contribution < 1.29 is 22.7 Å². The first kappa shape index (κ1) is 22.3. The maximum atomic E-state index is 13.1. The van der Waals surface area contributed by atoms with Gasteiger partial charge in [0, 0.05) is 43.6 Å². The van der Waals surface area contributed by atoms with Crippen molar-refractivity contribution in [3.63, 3.8) is 0 Å². The minimum Gasteiger partial charge on any atom is -0.490 e. The van der Waals surface area contributed by atoms with E-state index in [4.69, 9.17) is 21.1 Å². The molecule has 0 spiro atoms. The van der Waals surface area contributed by atoms with E-state index < -0.39 is 10.0 Å². The van der Waals surface area contributed by atoms with E-state index in [1.165, 1.54) is 28.2 Å². The molecular formula is C21H23ClN2O5S2. The Labute approximate surface area is 191 Å². The summed E-state index contributed by atoms with van der Waals surface area (Å²) >= 11 is 7.77. The van der Waals surface area contributed by atoms with Crippen LogP contribution in [0.15, 0.2) is 46.2 Å². The highest BCUT2D eigenvalue weighted by Gasteiger charge is 2.32. The summed E-state index contributed by atoms with van der Waals surface area (Å²) in [7, 11) is -3.71. The van der Waals surface area contributed by atoms with Crippen molar-refractivity contribution in [3.05, 3.63) is 47.0 Å². The quantitative estimate of drug-likeness (QED) is 0.622. The minimum atomic E-state index is -3.71. The van der Waals surface area contributed by atoms with Crippen LogP contribution in [0.3, 0.4) is 0 Å². The Bertz CT molecular complexity index is 1090. The second kappa shape index (κ2) is 9.28. The van der Waals surface area contributed by atoms with E-state index in [0.717, 1.165) is 11.3 Å². The summed E-state index contributed by atoms with van der Waals surface area (Å²) in [4.78, 5) is 15.7. The van der Waals surface area contributed by atoms with E-state index in [0.29, 0.717) is 48.4 Å². The van der Waals surface area contributed by atoms with Crippen LogP contribution in [0.25, 0.3) is 0 Å². The van der Waals surface area contributed by atoms with Crippen LogP contribution in [0.4, 0.5) is 0 Å². The van der Waals surface area contributed by atoms with Crippen molar-refractivity contribution in [1.82, 2.24) is 9.21 Å². The third-order valence-corrected chi connectivity index (χ3v) is 8.24. The molecule has 7 nitrogen and oxygen atoms in total. The highest BCUT2D eigenvalue weighted by molar-refractivity contribution is 7.98. The maximum absolute atomic E-state index is 13.1. The van der Waals surface area contributed by atoms with Gasteiger partial charge in [0.05, 0.1) is 28.7 Å². The molecule has 2 aromatic carbocycles. The van der Waals surface area contributed by atoms with Crippen molar-refractivity contribution in [2.75, 3.05) is 45.6 Å². The monoisotopic (exact) mass is 482 g/mol. The largest absolute Gasteiger partial charge is 0.490 e. The van der Waals surface area contributed by atoms with E-state index in [1.54, 1.807) is 23.1 Å². The molecule has 2 aromatic rings. The SMILES string of the molecule is CSc1ccc(Cl)c(C(=O)N2CCN(S(=O)(=O)c3ccc4c(c3)OCCCO4)CC2)c1. The predicted octanol–water partition coefficient (Wildman–Crippen LogP) is 3.37. The first-order valence-electron chi connectivity index (χ1n) is 9.93. The molecule has 166 valence electrons. The summed E-state index contributed by atoms with van der Waals surface area (Å²) in [5.41, 5.74) is 0.438. The third kappa shape index (κ3) is 4.64. The minimum absolute atomic E-state index is 0.159. The Morgan fingerprint density at radius 3 is 2.42 bits per heavy atom. The second-order valence-electron chi connectivity index (χ2n) is 7.20. The summed E-state index contributed by atoms with van der Waals surface area (Å²) < 4.78 is 38.9. The molecule has 0 aromatic heterocycles. The van der Waals surface area contributed by atoms with Crippen LogP contribution in [-0.2, 0) is 10.0 Å². The number of carbonyl (C=O) groups excluding carboxylic acids is 1. The smallest absolute Gasteiger partial charge is 0.255 e. The second-order valence-corrected chi connectivity index (χ2v) is 10.4. The van der Waals surface area contributed by atoms with E-state index in [2.05, 4.69) is 0 Å². The lowest BCUT2D eigenvalue weighted by Crippen LogP contribution is -2.50. The molecule has 2 heterocycles. The molecule has 1 saturated heterocycles. The Morgan fingerprint density at radius 2 is 1.71 bits per heavy atom. The average molecular weight is 483 g/mol. The predicted molar refractivity (Wildman–Crippen MR) is 120 cm³/mol. The zero-order valence-corrected chi connectivity index (χ0v) is 19.4. The summed E-state index contributed by atoms with van der Waals surface area (Å²) in [6.07, 6.45) is 2.68. The Balaban J connectivity index is 1.47. The number of rotatable bonds is 4. The molecule has 1 amide bonds. The molecule has 2 aliphatic rings. The number of thioether (sulfide) groups is 1. The van der Waals surface area contributed by atoms with Crippen LogP contribution in [0.5, 0.6) is 11.5 Å². The van der Waals surface area contributed by atoms with Crippen LogP contribution < -0.4 is 9.47 Å². The topological polar surface area (TPSA) is 76.2 Å². The van der Waals surface area contributed by atoms with Gasteiger partial charge in [-0.05, 0) is 36.6 Å². The van der Waals surface area contributed by atoms with Gasteiger partial charge in [0.2, 0.25) is 10.0 Å². The molecule has 0 unspecified atom stereocenters. The number of fused-ring (bicyclic) bond motifs is 1. The van der Waals surface area contributed by atoms with Gasteiger partial charge in [-0.2, -0.15) is 4.31 Å². The zero-order valence-electron chi connectivity index (χ0n) is 17.0. The molecule has 2 aliphatic heterocycles. The Kier molecular flexibility index (Phi) is 6.66. The molecule has 0 saturated carbocycles. The summed E-state index contributed by atoms with van der Waals surface area (Å²) in [6, 6.07) is 10.0. The lowest BCUT2D eigenvalue weighted by molar-refractivity contribution is 0.0698. The molecule has 31 heavy (non-hydrogen) atoms. The Hall–Kier alpha value is -1.94. The van der Waals surface area contributed by atoms with Crippen molar-refractivity contribution in [2.24, 2.45) is 0 Å².